The molecule has 2 fully saturated rings. The number of aliphatic hydroxyl groups excluding tert-OH is 1. The van der Waals surface area contributed by atoms with Gasteiger partial charge in [0.05, 0.1) is 24.3 Å². The topological polar surface area (TPSA) is 155 Å². The second-order valence-corrected chi connectivity index (χ2v) is 9.23. The van der Waals surface area contributed by atoms with Gasteiger partial charge in [-0.15, -0.1) is 11.8 Å². The van der Waals surface area contributed by atoms with Crippen molar-refractivity contribution < 1.29 is 23.2 Å². The molecular formula is C13H18N5O6PS. The highest BCUT2D eigenvalue weighted by molar-refractivity contribution is 8.00. The molecule has 2 aromatic rings. The standard InChI is InChI=1S/C13H18N5O6PS/c1-5(2)23-25(21)22-3-6-9(24-25)8(19)12(26-6)18-4-15-7-10(18)16-13(14)17-11(7)20/h4-6,8-9,12,19H,3H2,1-2H3,(H3,14,16,17,20)/t6-,8?,9?,12-,25?/m1/s1. The molecule has 0 aliphatic carbocycles. The number of nitrogens with zero attached hydrogens (tertiary/aromatic N) is 3. The molecule has 4 N–H and O–H groups in total. The summed E-state index contributed by atoms with van der Waals surface area (Å²) in [4.78, 5) is 22.5. The van der Waals surface area contributed by atoms with E-state index in [1.807, 2.05) is 0 Å². The number of thioether (sulfide) groups is 1. The molecule has 4 heterocycles. The lowest BCUT2D eigenvalue weighted by atomic mass is 10.1. The molecule has 2 aromatic heterocycles. The van der Waals surface area contributed by atoms with Gasteiger partial charge < -0.3 is 10.8 Å². The second-order valence-electron chi connectivity index (χ2n) is 6.30. The van der Waals surface area contributed by atoms with Gasteiger partial charge in [0.2, 0.25) is 5.95 Å². The number of rotatable bonds is 3. The quantitative estimate of drug-likeness (QED) is 0.621. The fraction of sp³-hybridized carbons (Fsp3) is 0.615. The van der Waals surface area contributed by atoms with Crippen LogP contribution in [0.3, 0.4) is 0 Å². The predicted molar refractivity (Wildman–Crippen MR) is 93.6 cm³/mol. The lowest BCUT2D eigenvalue weighted by molar-refractivity contribution is -0.0326. The normalized spacial score (nSPS) is 34.5. The van der Waals surface area contributed by atoms with Crippen molar-refractivity contribution in [1.29, 1.82) is 0 Å². The van der Waals surface area contributed by atoms with Gasteiger partial charge in [-0.1, -0.05) is 0 Å². The number of H-pyrrole nitrogens is 1. The lowest BCUT2D eigenvalue weighted by Crippen LogP contribution is -2.39. The molecule has 0 amide bonds. The number of hydrogen-bond donors (Lipinski definition) is 3. The van der Waals surface area contributed by atoms with Gasteiger partial charge in [0.25, 0.3) is 5.56 Å². The van der Waals surface area contributed by atoms with E-state index < -0.39 is 31.0 Å². The highest BCUT2D eigenvalue weighted by Gasteiger charge is 2.53. The summed E-state index contributed by atoms with van der Waals surface area (Å²) in [6, 6.07) is 0. The van der Waals surface area contributed by atoms with Gasteiger partial charge in [-0.3, -0.25) is 27.9 Å². The van der Waals surface area contributed by atoms with Crippen LogP contribution in [0.4, 0.5) is 5.95 Å². The number of aromatic amines is 1. The van der Waals surface area contributed by atoms with Crippen LogP contribution >= 0.6 is 19.6 Å². The van der Waals surface area contributed by atoms with Crippen molar-refractivity contribution in [2.75, 3.05) is 12.3 Å². The molecule has 2 aliphatic rings. The zero-order valence-corrected chi connectivity index (χ0v) is 15.6. The molecule has 26 heavy (non-hydrogen) atoms. The molecule has 4 rings (SSSR count). The predicted octanol–water partition coefficient (Wildman–Crippen LogP) is 0.625. The van der Waals surface area contributed by atoms with Gasteiger partial charge in [-0.25, -0.2) is 9.55 Å². The second kappa shape index (κ2) is 6.32. The Balaban J connectivity index is 1.65. The number of aromatic nitrogens is 4. The van der Waals surface area contributed by atoms with E-state index in [2.05, 4.69) is 15.0 Å². The number of nitrogens with two attached hydrogens (primary N) is 1. The number of nitrogen functional groups attached to an aromatic ring is 1. The molecule has 142 valence electrons. The van der Waals surface area contributed by atoms with E-state index >= 15 is 0 Å². The Hall–Kier alpha value is -1.43. The Bertz CT molecular complexity index is 947. The maximum absolute atomic E-state index is 12.5. The largest absolute Gasteiger partial charge is 0.475 e. The summed E-state index contributed by atoms with van der Waals surface area (Å²) in [5.41, 5.74) is 5.52. The number of phosphoric acid groups is 1. The molecule has 11 nitrogen and oxygen atoms in total. The first kappa shape index (κ1) is 18.0. The van der Waals surface area contributed by atoms with E-state index in [0.29, 0.717) is 0 Å². The van der Waals surface area contributed by atoms with Crippen molar-refractivity contribution in [2.24, 2.45) is 0 Å². The van der Waals surface area contributed by atoms with Crippen LogP contribution in [0.1, 0.15) is 19.2 Å². The summed E-state index contributed by atoms with van der Waals surface area (Å²) in [6.07, 6.45) is -0.719. The van der Waals surface area contributed by atoms with Crippen LogP contribution in [-0.4, -0.2) is 54.8 Å². The van der Waals surface area contributed by atoms with E-state index in [1.54, 1.807) is 18.4 Å². The summed E-state index contributed by atoms with van der Waals surface area (Å²) >= 11 is 1.36. The number of aliphatic hydroxyl groups is 1. The summed E-state index contributed by atoms with van der Waals surface area (Å²) in [6.45, 7) is 3.54. The van der Waals surface area contributed by atoms with Crippen LogP contribution in [0.2, 0.25) is 0 Å². The molecule has 0 saturated carbocycles. The summed E-state index contributed by atoms with van der Waals surface area (Å²) in [5, 5.41) is 9.93. The molecular weight excluding hydrogens is 385 g/mol. The average molecular weight is 403 g/mol. The van der Waals surface area contributed by atoms with E-state index in [0.717, 1.165) is 0 Å². The van der Waals surface area contributed by atoms with Gasteiger partial charge in [-0.2, -0.15) is 4.98 Å². The first-order valence-corrected chi connectivity index (χ1v) is 10.3. The van der Waals surface area contributed by atoms with Gasteiger partial charge in [-0.05, 0) is 13.8 Å². The molecule has 2 aliphatic heterocycles. The van der Waals surface area contributed by atoms with Crippen molar-refractivity contribution in [3.63, 3.8) is 0 Å². The van der Waals surface area contributed by atoms with E-state index in [1.165, 1.54) is 18.1 Å². The van der Waals surface area contributed by atoms with Crippen molar-refractivity contribution in [3.05, 3.63) is 16.7 Å². The maximum Gasteiger partial charge on any atom is 0.475 e. The monoisotopic (exact) mass is 403 g/mol. The van der Waals surface area contributed by atoms with Crippen LogP contribution in [-0.2, 0) is 18.1 Å². The van der Waals surface area contributed by atoms with E-state index in [-0.39, 0.29) is 35.1 Å². The van der Waals surface area contributed by atoms with Gasteiger partial charge >= 0.3 is 7.82 Å². The fourth-order valence-electron chi connectivity index (χ4n) is 3.00. The SMILES string of the molecule is CC(C)OP1(=O)OC[C@H]2S[C@@H](n3cnc4c(=O)[nH]c(N)nc43)C(O)C2O1. The molecule has 3 unspecified atom stereocenters. The Morgan fingerprint density at radius 1 is 1.58 bits per heavy atom. The summed E-state index contributed by atoms with van der Waals surface area (Å²) < 4.78 is 30.2. The van der Waals surface area contributed by atoms with Crippen LogP contribution in [0.5, 0.6) is 0 Å². The number of hydrogen-bond acceptors (Lipinski definition) is 10. The first-order valence-electron chi connectivity index (χ1n) is 7.94. The number of nitrogens with one attached hydrogen (secondary N) is 1. The molecule has 0 aromatic carbocycles. The van der Waals surface area contributed by atoms with Crippen molar-refractivity contribution in [1.82, 2.24) is 19.5 Å². The minimum absolute atomic E-state index is 0.0476. The first-order chi connectivity index (χ1) is 12.3. The third-order valence-corrected chi connectivity index (χ3v) is 7.21. The van der Waals surface area contributed by atoms with Crippen LogP contribution in [0.25, 0.3) is 11.2 Å². The highest BCUT2D eigenvalue weighted by atomic mass is 32.2. The number of anilines is 1. The lowest BCUT2D eigenvalue weighted by Gasteiger charge is -2.32. The minimum Gasteiger partial charge on any atom is -0.387 e. The molecule has 0 bridgehead atoms. The Labute approximate surface area is 151 Å². The van der Waals surface area contributed by atoms with E-state index in [9.17, 15) is 14.5 Å². The van der Waals surface area contributed by atoms with Crippen molar-refractivity contribution >= 4 is 36.7 Å². The summed E-state index contributed by atoms with van der Waals surface area (Å²) in [7, 11) is -3.73. The number of phosphoric ester groups is 1. The van der Waals surface area contributed by atoms with Crippen LogP contribution in [0, 0.1) is 0 Å². The Morgan fingerprint density at radius 2 is 2.35 bits per heavy atom. The molecule has 2 saturated heterocycles. The third kappa shape index (κ3) is 2.96. The summed E-state index contributed by atoms with van der Waals surface area (Å²) in [5.74, 6) is -0.0476. The maximum atomic E-state index is 12.5. The Morgan fingerprint density at radius 3 is 3.08 bits per heavy atom. The smallest absolute Gasteiger partial charge is 0.387 e. The van der Waals surface area contributed by atoms with Crippen molar-refractivity contribution in [3.8, 4) is 0 Å². The third-order valence-electron chi connectivity index (χ3n) is 4.02. The fourth-order valence-corrected chi connectivity index (χ4v) is 6.26. The molecule has 5 atom stereocenters. The van der Waals surface area contributed by atoms with Crippen LogP contribution in [0.15, 0.2) is 11.1 Å². The van der Waals surface area contributed by atoms with E-state index in [4.69, 9.17) is 19.3 Å². The minimum atomic E-state index is -3.73. The number of imidazole rings is 1. The zero-order valence-electron chi connectivity index (χ0n) is 13.9. The Kier molecular flexibility index (Phi) is 4.37. The molecule has 0 spiro atoms. The average Bonchev–Trinajstić information content (AvgIpc) is 3.08. The van der Waals surface area contributed by atoms with Crippen LogP contribution < -0.4 is 11.3 Å². The van der Waals surface area contributed by atoms with Gasteiger partial charge in [0.15, 0.2) is 11.2 Å². The zero-order chi connectivity index (χ0) is 18.6. The molecule has 0 radical (unpaired) electrons. The highest BCUT2D eigenvalue weighted by Crippen LogP contribution is 2.60. The molecule has 13 heteroatoms. The van der Waals surface area contributed by atoms with Gasteiger partial charge in [0, 0.05) is 0 Å². The van der Waals surface area contributed by atoms with Crippen molar-refractivity contribution in [2.45, 2.75) is 42.8 Å². The number of fused-ring (bicyclic) bond motifs is 2. The van der Waals surface area contributed by atoms with Gasteiger partial charge in [0.1, 0.15) is 17.6 Å².